The molecular weight excluding hydrogens is 562 g/mol. The third kappa shape index (κ3) is 8.58. The molecule has 10 atom stereocenters. The highest BCUT2D eigenvalue weighted by Crippen LogP contribution is 2.46. The van der Waals surface area contributed by atoms with Crippen LogP contribution in [-0.4, -0.2) is 83.6 Å². The Bertz CT molecular complexity index is 824. The summed E-state index contributed by atoms with van der Waals surface area (Å²) in [5.74, 6) is 0. The zero-order chi connectivity index (χ0) is 30.1. The molecular formula is C25H53O9P2Si2+. The van der Waals surface area contributed by atoms with E-state index in [0.29, 0.717) is 0 Å². The van der Waals surface area contributed by atoms with Crippen LogP contribution in [0.5, 0.6) is 0 Å². The van der Waals surface area contributed by atoms with Crippen molar-refractivity contribution in [2.75, 3.05) is 13.3 Å². The SMILES string of the molecule is [2H]C[C@H]1O[C@@H](C)[C@@H](O[Si](C)(C)C(C)(C)C)C1OP(C)OC[C@H]1O[C@@H](C)[C@@H](O[Si](C)(C)C(C)(C)C)C1O[P+](=O)O. The summed E-state index contributed by atoms with van der Waals surface area (Å²) in [6, 6.07) is 0. The van der Waals surface area contributed by atoms with E-state index >= 15 is 0 Å². The quantitative estimate of drug-likeness (QED) is 0.200. The van der Waals surface area contributed by atoms with Crippen molar-refractivity contribution in [1.82, 2.24) is 0 Å². The first-order valence-electron chi connectivity index (χ1n) is 14.1. The molecule has 2 aliphatic heterocycles. The van der Waals surface area contributed by atoms with E-state index in [4.69, 9.17) is 33.3 Å². The summed E-state index contributed by atoms with van der Waals surface area (Å²) in [6.45, 7) is 27.6. The number of rotatable bonds is 11. The smallest absolute Gasteiger partial charge is 0.409 e. The summed E-state index contributed by atoms with van der Waals surface area (Å²) in [4.78, 5) is 9.60. The maximum absolute atomic E-state index is 11.7. The van der Waals surface area contributed by atoms with Crippen LogP contribution < -0.4 is 0 Å². The molecule has 2 aliphatic rings. The third-order valence-electron chi connectivity index (χ3n) is 8.46. The molecule has 1 N–H and O–H groups in total. The van der Waals surface area contributed by atoms with E-state index < -0.39 is 63.8 Å². The average Bonchev–Trinajstić information content (AvgIpc) is 3.20. The maximum atomic E-state index is 11.7. The maximum Gasteiger partial charge on any atom is 0.695 e. The fraction of sp³-hybridized carbons (Fsp3) is 1.00. The summed E-state index contributed by atoms with van der Waals surface area (Å²) in [5, 5.41) is -0.0251. The average molecular weight is 617 g/mol. The van der Waals surface area contributed by atoms with E-state index in [1.54, 1.807) is 0 Å². The number of hydrogen-bond acceptors (Lipinski definition) is 8. The second-order valence-electron chi connectivity index (χ2n) is 13.6. The lowest BCUT2D eigenvalue weighted by Crippen LogP contribution is -2.49. The van der Waals surface area contributed by atoms with E-state index in [9.17, 15) is 9.46 Å². The van der Waals surface area contributed by atoms with Gasteiger partial charge in [-0.3, -0.25) is 0 Å². The van der Waals surface area contributed by atoms with Crippen molar-refractivity contribution in [2.24, 2.45) is 0 Å². The minimum atomic E-state index is -2.86. The van der Waals surface area contributed by atoms with Crippen LogP contribution in [0.25, 0.3) is 0 Å². The minimum Gasteiger partial charge on any atom is -0.409 e. The fourth-order valence-corrected chi connectivity index (χ4v) is 8.25. The Morgan fingerprint density at radius 3 is 1.79 bits per heavy atom. The standard InChI is InChI=1S/C25H52O9P2Si2/c1-16-20(21(17(2)29-16)33-37(11,12)24(4,5)6)31-35(10)28-15-19-23(32-36(26)27)22(18(3)30-19)34-38(13,14)25(7,8)9/h16-23H,15H2,1-14H3/p+1/t16-,17+,18+,19-,20?,21-,22-,23?,35?/m1/s1/i1D. The van der Waals surface area contributed by atoms with Crippen LogP contribution in [0.15, 0.2) is 0 Å². The first-order valence-corrected chi connectivity index (χ1v) is 22.0. The van der Waals surface area contributed by atoms with Crippen LogP contribution in [0.3, 0.4) is 0 Å². The molecule has 0 aromatic heterocycles. The van der Waals surface area contributed by atoms with Crippen LogP contribution in [0.4, 0.5) is 0 Å². The second kappa shape index (κ2) is 12.9. The lowest BCUT2D eigenvalue weighted by Gasteiger charge is -2.40. The van der Waals surface area contributed by atoms with Gasteiger partial charge >= 0.3 is 8.25 Å². The van der Waals surface area contributed by atoms with Gasteiger partial charge in [0.1, 0.15) is 24.4 Å². The normalized spacial score (nSPS) is 34.9. The molecule has 9 nitrogen and oxygen atoms in total. The minimum absolute atomic E-state index is 0.0198. The Balaban J connectivity index is 2.12. The molecule has 0 aliphatic carbocycles. The molecule has 224 valence electrons. The summed E-state index contributed by atoms with van der Waals surface area (Å²) < 4.78 is 63.2. The summed E-state index contributed by atoms with van der Waals surface area (Å²) in [6.07, 6.45) is -3.52. The van der Waals surface area contributed by atoms with Gasteiger partial charge in [0.15, 0.2) is 31.1 Å². The highest BCUT2D eigenvalue weighted by Gasteiger charge is 2.53. The molecule has 2 fully saturated rings. The molecule has 2 rings (SSSR count). The lowest BCUT2D eigenvalue weighted by molar-refractivity contribution is -0.0103. The third-order valence-corrected chi connectivity index (χ3v) is 18.9. The molecule has 13 heteroatoms. The lowest BCUT2D eigenvalue weighted by atomic mass is 10.1. The number of hydrogen-bond donors (Lipinski definition) is 1. The fourth-order valence-electron chi connectivity index (χ4n) is 4.05. The van der Waals surface area contributed by atoms with Crippen LogP contribution >= 0.6 is 16.6 Å². The molecule has 4 unspecified atom stereocenters. The summed E-state index contributed by atoms with van der Waals surface area (Å²) in [7, 11) is -8.58. The molecule has 2 saturated heterocycles. The van der Waals surface area contributed by atoms with Gasteiger partial charge in [-0.25, -0.2) is 0 Å². The van der Waals surface area contributed by atoms with Crippen molar-refractivity contribution in [2.45, 2.75) is 147 Å². The predicted molar refractivity (Wildman–Crippen MR) is 157 cm³/mol. The highest BCUT2D eigenvalue weighted by molar-refractivity contribution is 7.46. The van der Waals surface area contributed by atoms with Gasteiger partial charge in [0, 0.05) is 12.6 Å². The Kier molecular flexibility index (Phi) is 11.2. The first-order chi connectivity index (χ1) is 17.6. The molecule has 0 spiro atoms. The van der Waals surface area contributed by atoms with Crippen LogP contribution in [0.1, 0.15) is 63.7 Å². The van der Waals surface area contributed by atoms with Crippen LogP contribution in [-0.2, 0) is 36.5 Å². The van der Waals surface area contributed by atoms with Crippen molar-refractivity contribution < 1.29 is 42.7 Å². The molecule has 0 amide bonds. The summed E-state index contributed by atoms with van der Waals surface area (Å²) in [5.41, 5.74) is 0. The summed E-state index contributed by atoms with van der Waals surface area (Å²) >= 11 is 0. The van der Waals surface area contributed by atoms with Crippen LogP contribution in [0.2, 0.25) is 36.3 Å². The van der Waals surface area contributed by atoms with E-state index in [1.807, 2.05) is 20.5 Å². The van der Waals surface area contributed by atoms with Gasteiger partial charge in [0.25, 0.3) is 0 Å². The van der Waals surface area contributed by atoms with Crippen molar-refractivity contribution in [3.05, 3.63) is 0 Å². The Labute approximate surface area is 236 Å². The van der Waals surface area contributed by atoms with E-state index in [-0.39, 0.29) is 41.9 Å². The molecule has 2 heterocycles. The van der Waals surface area contributed by atoms with Gasteiger partial charge in [-0.05, 0) is 57.0 Å². The number of ether oxygens (including phenoxy) is 2. The van der Waals surface area contributed by atoms with E-state index in [2.05, 4.69) is 67.7 Å². The van der Waals surface area contributed by atoms with Crippen molar-refractivity contribution in [3.8, 4) is 0 Å². The Morgan fingerprint density at radius 1 is 0.868 bits per heavy atom. The van der Waals surface area contributed by atoms with Crippen LogP contribution in [0, 0.1) is 0 Å². The zero-order valence-corrected chi connectivity index (χ0v) is 29.4. The molecule has 0 aromatic rings. The Hall–Kier alpha value is 0.644. The van der Waals surface area contributed by atoms with Crippen molar-refractivity contribution in [1.29, 1.82) is 0 Å². The predicted octanol–water partition coefficient (Wildman–Crippen LogP) is 6.74. The van der Waals surface area contributed by atoms with Gasteiger partial charge in [-0.2, -0.15) is 0 Å². The van der Waals surface area contributed by atoms with Gasteiger partial charge in [0.2, 0.25) is 0 Å². The molecule has 0 aromatic carbocycles. The highest BCUT2D eigenvalue weighted by atomic mass is 31.2. The van der Waals surface area contributed by atoms with Crippen molar-refractivity contribution in [3.63, 3.8) is 0 Å². The topological polar surface area (TPSA) is 102 Å². The molecule has 38 heavy (non-hydrogen) atoms. The largest absolute Gasteiger partial charge is 0.695 e. The zero-order valence-electron chi connectivity index (χ0n) is 26.6. The van der Waals surface area contributed by atoms with E-state index in [0.717, 1.165) is 0 Å². The van der Waals surface area contributed by atoms with Gasteiger partial charge < -0.3 is 27.4 Å². The monoisotopic (exact) mass is 616 g/mol. The van der Waals surface area contributed by atoms with Gasteiger partial charge in [0.05, 0.1) is 24.9 Å². The first kappa shape index (κ1) is 33.1. The van der Waals surface area contributed by atoms with Gasteiger partial charge in [-0.15, -0.1) is 9.42 Å². The van der Waals surface area contributed by atoms with E-state index in [1.165, 1.54) is 0 Å². The van der Waals surface area contributed by atoms with Crippen molar-refractivity contribution >= 4 is 33.3 Å². The second-order valence-corrected chi connectivity index (χ2v) is 25.1. The molecule has 0 radical (unpaired) electrons. The molecule has 0 bridgehead atoms. The van der Waals surface area contributed by atoms with Gasteiger partial charge in [-0.1, -0.05) is 41.5 Å². The Morgan fingerprint density at radius 2 is 1.34 bits per heavy atom. The molecule has 0 saturated carbocycles.